The van der Waals surface area contributed by atoms with Crippen LogP contribution >= 0.6 is 0 Å². The van der Waals surface area contributed by atoms with Gasteiger partial charge in [0.25, 0.3) is 5.91 Å². The van der Waals surface area contributed by atoms with E-state index in [9.17, 15) is 15.0 Å². The number of carbonyl (C=O) groups is 1. The fourth-order valence-electron chi connectivity index (χ4n) is 3.29. The Morgan fingerprint density at radius 1 is 1.24 bits per heavy atom. The lowest BCUT2D eigenvalue weighted by Gasteiger charge is -2.16. The summed E-state index contributed by atoms with van der Waals surface area (Å²) in [6, 6.07) is 3.88. The Labute approximate surface area is 165 Å². The van der Waals surface area contributed by atoms with Crippen molar-refractivity contribution < 1.29 is 19.7 Å². The van der Waals surface area contributed by atoms with Crippen molar-refractivity contribution in [3.05, 3.63) is 42.2 Å². The Kier molecular flexibility index (Phi) is 5.09. The summed E-state index contributed by atoms with van der Waals surface area (Å²) < 4.78 is 7.07. The van der Waals surface area contributed by atoms with Crippen LogP contribution in [0.3, 0.4) is 0 Å². The number of aryl methyl sites for hydroxylation is 1. The summed E-state index contributed by atoms with van der Waals surface area (Å²) in [5.74, 6) is -0.0287. The van der Waals surface area contributed by atoms with E-state index in [0.29, 0.717) is 23.5 Å². The predicted octanol–water partition coefficient (Wildman–Crippen LogP) is -0.493. The Bertz CT molecular complexity index is 1040. The first kappa shape index (κ1) is 19.2. The van der Waals surface area contributed by atoms with Gasteiger partial charge >= 0.3 is 0 Å². The zero-order valence-electron chi connectivity index (χ0n) is 15.9. The summed E-state index contributed by atoms with van der Waals surface area (Å²) in [6.45, 7) is 2.43. The number of amides is 1. The maximum Gasteiger partial charge on any atom is 0.251 e. The quantitative estimate of drug-likeness (QED) is 0.446. The van der Waals surface area contributed by atoms with Crippen molar-refractivity contribution in [3.63, 3.8) is 0 Å². The first-order valence-electron chi connectivity index (χ1n) is 9.05. The highest BCUT2D eigenvalue weighted by molar-refractivity contribution is 5.83. The number of ether oxygens (including phenoxy) is 1. The van der Waals surface area contributed by atoms with Crippen LogP contribution in [0.5, 0.6) is 0 Å². The molecule has 1 fully saturated rings. The van der Waals surface area contributed by atoms with E-state index >= 15 is 0 Å². The molecule has 0 bridgehead atoms. The number of hydrogen-bond donors (Lipinski definition) is 4. The molecule has 1 amide bonds. The van der Waals surface area contributed by atoms with Crippen LogP contribution in [-0.2, 0) is 16.1 Å². The van der Waals surface area contributed by atoms with Crippen molar-refractivity contribution in [3.8, 4) is 0 Å². The minimum absolute atomic E-state index is 0.397. The largest absolute Gasteiger partial charge is 0.387 e. The summed E-state index contributed by atoms with van der Waals surface area (Å²) in [4.78, 5) is 29.0. The first-order chi connectivity index (χ1) is 14.0. The number of anilines is 1. The maximum absolute atomic E-state index is 11.9. The molecule has 29 heavy (non-hydrogen) atoms. The van der Waals surface area contributed by atoms with E-state index < -0.39 is 30.4 Å². The van der Waals surface area contributed by atoms with Crippen LogP contribution in [0.2, 0.25) is 0 Å². The third-order valence-electron chi connectivity index (χ3n) is 4.79. The van der Waals surface area contributed by atoms with Gasteiger partial charge in [-0.05, 0) is 24.6 Å². The molecule has 3 aromatic heterocycles. The molecule has 3 aromatic rings. The van der Waals surface area contributed by atoms with Crippen LogP contribution in [0, 0.1) is 6.92 Å². The zero-order chi connectivity index (χ0) is 20.5. The molecule has 0 aromatic carbocycles. The Morgan fingerprint density at radius 2 is 2.07 bits per heavy atom. The van der Waals surface area contributed by atoms with Crippen LogP contribution in [-0.4, -0.2) is 66.0 Å². The fourth-order valence-corrected chi connectivity index (χ4v) is 3.29. The summed E-state index contributed by atoms with van der Waals surface area (Å²) in [5.41, 5.74) is 2.81. The fraction of sp³-hybridized carbons (Fsp3) is 0.389. The van der Waals surface area contributed by atoms with Gasteiger partial charge < -0.3 is 25.6 Å². The average molecular weight is 399 g/mol. The minimum atomic E-state index is -1.37. The predicted molar refractivity (Wildman–Crippen MR) is 102 cm³/mol. The number of hydrogen-bond acceptors (Lipinski definition) is 9. The molecule has 4 rings (SSSR count). The third-order valence-corrected chi connectivity index (χ3v) is 4.79. The van der Waals surface area contributed by atoms with Gasteiger partial charge in [-0.1, -0.05) is 0 Å². The molecule has 1 aliphatic heterocycles. The lowest BCUT2D eigenvalue weighted by atomic mass is 10.1. The van der Waals surface area contributed by atoms with E-state index in [1.807, 2.05) is 19.1 Å². The normalized spacial score (nSPS) is 24.0. The van der Waals surface area contributed by atoms with Crippen molar-refractivity contribution in [2.45, 2.75) is 38.0 Å². The highest BCUT2D eigenvalue weighted by Gasteiger charge is 2.47. The molecule has 1 aliphatic rings. The topological polar surface area (TPSA) is 147 Å². The van der Waals surface area contributed by atoms with Gasteiger partial charge in [-0.2, -0.15) is 0 Å². The molecule has 0 spiro atoms. The Balaban J connectivity index is 1.60. The number of imidazole rings is 1. The lowest BCUT2D eigenvalue weighted by molar-refractivity contribution is -0.137. The van der Waals surface area contributed by atoms with Gasteiger partial charge in [0.2, 0.25) is 0 Å². The maximum atomic E-state index is 11.9. The molecular formula is C18H21N7O4. The number of aromatic nitrogens is 5. The van der Waals surface area contributed by atoms with Gasteiger partial charge in [-0.15, -0.1) is 0 Å². The van der Waals surface area contributed by atoms with E-state index in [0.717, 1.165) is 11.3 Å². The summed E-state index contributed by atoms with van der Waals surface area (Å²) >= 11 is 0. The molecular weight excluding hydrogens is 378 g/mol. The number of aliphatic hydroxyl groups is 2. The van der Waals surface area contributed by atoms with Crippen LogP contribution in [0.1, 0.15) is 17.5 Å². The van der Waals surface area contributed by atoms with Gasteiger partial charge in [-0.3, -0.25) is 14.3 Å². The Morgan fingerprint density at radius 3 is 2.83 bits per heavy atom. The SMILES string of the molecule is CNC(=O)[C@H]1O[C@@H](n2cnc3c(NCc4cc(C)ccn4)ncnc32)[C@H](O)[C@@H]1O. The molecule has 4 heterocycles. The van der Waals surface area contributed by atoms with Crippen molar-refractivity contribution >= 4 is 22.9 Å². The number of aliphatic hydroxyl groups excluding tert-OH is 2. The van der Waals surface area contributed by atoms with Crippen molar-refractivity contribution in [1.82, 2.24) is 29.8 Å². The van der Waals surface area contributed by atoms with Gasteiger partial charge in [0.05, 0.1) is 18.6 Å². The number of fused-ring (bicyclic) bond motifs is 1. The molecule has 11 heteroatoms. The highest BCUT2D eigenvalue weighted by Crippen LogP contribution is 2.32. The molecule has 0 radical (unpaired) electrons. The molecule has 152 valence electrons. The molecule has 4 atom stereocenters. The van der Waals surface area contributed by atoms with Crippen LogP contribution in [0.25, 0.3) is 11.2 Å². The number of carbonyl (C=O) groups excluding carboxylic acids is 1. The van der Waals surface area contributed by atoms with Crippen molar-refractivity contribution in [2.75, 3.05) is 12.4 Å². The van der Waals surface area contributed by atoms with E-state index in [1.165, 1.54) is 24.3 Å². The average Bonchev–Trinajstić information content (AvgIpc) is 3.28. The number of pyridine rings is 1. The van der Waals surface area contributed by atoms with E-state index in [2.05, 4.69) is 30.6 Å². The standard InChI is InChI=1S/C18H21N7O4/c1-9-3-4-20-10(5-9)6-21-15-11-16(23-7-22-15)25(8-24-11)18-13(27)12(26)14(29-18)17(28)19-2/h3-5,7-8,12-14,18,26-27H,6H2,1-2H3,(H,19,28)(H,21,22,23)/t12-,13+,14-,18+/m0/s1. The van der Waals surface area contributed by atoms with E-state index in [4.69, 9.17) is 4.74 Å². The second-order valence-electron chi connectivity index (χ2n) is 6.77. The van der Waals surface area contributed by atoms with E-state index in [-0.39, 0.29) is 0 Å². The lowest BCUT2D eigenvalue weighted by Crippen LogP contribution is -2.41. The third kappa shape index (κ3) is 3.50. The smallest absolute Gasteiger partial charge is 0.251 e. The molecule has 4 N–H and O–H groups in total. The van der Waals surface area contributed by atoms with Crippen LogP contribution in [0.15, 0.2) is 31.0 Å². The van der Waals surface area contributed by atoms with E-state index in [1.54, 1.807) is 6.20 Å². The second kappa shape index (κ2) is 7.70. The zero-order valence-corrected chi connectivity index (χ0v) is 15.9. The molecule has 0 aliphatic carbocycles. The van der Waals surface area contributed by atoms with Gasteiger partial charge in [0.1, 0.15) is 18.5 Å². The molecule has 1 saturated heterocycles. The van der Waals surface area contributed by atoms with Gasteiger partial charge in [-0.25, -0.2) is 15.0 Å². The minimum Gasteiger partial charge on any atom is -0.387 e. The molecule has 0 unspecified atom stereocenters. The monoisotopic (exact) mass is 399 g/mol. The number of nitrogens with one attached hydrogen (secondary N) is 2. The Hall–Kier alpha value is -3.15. The van der Waals surface area contributed by atoms with Crippen LogP contribution < -0.4 is 10.6 Å². The first-order valence-corrected chi connectivity index (χ1v) is 9.05. The second-order valence-corrected chi connectivity index (χ2v) is 6.77. The van der Waals surface area contributed by atoms with Gasteiger partial charge in [0.15, 0.2) is 29.3 Å². The van der Waals surface area contributed by atoms with Gasteiger partial charge in [0, 0.05) is 13.2 Å². The number of rotatable bonds is 5. The number of nitrogens with zero attached hydrogens (tertiary/aromatic N) is 5. The highest BCUT2D eigenvalue weighted by atomic mass is 16.6. The van der Waals surface area contributed by atoms with Crippen LogP contribution in [0.4, 0.5) is 5.82 Å². The summed E-state index contributed by atoms with van der Waals surface area (Å²) in [6.07, 6.45) is -0.364. The summed E-state index contributed by atoms with van der Waals surface area (Å²) in [5, 5.41) is 26.1. The summed E-state index contributed by atoms with van der Waals surface area (Å²) in [7, 11) is 1.43. The molecule has 11 nitrogen and oxygen atoms in total. The van der Waals surface area contributed by atoms with Crippen molar-refractivity contribution in [1.29, 1.82) is 0 Å². The molecule has 0 saturated carbocycles. The number of likely N-dealkylation sites (N-methyl/N-ethyl adjacent to an activating group) is 1. The van der Waals surface area contributed by atoms with Crippen molar-refractivity contribution in [2.24, 2.45) is 0 Å².